The Bertz CT molecular complexity index is 625. The Morgan fingerprint density at radius 3 is 2.77 bits per heavy atom. The van der Waals surface area contributed by atoms with Crippen LogP contribution < -0.4 is 5.32 Å². The number of rotatable bonds is 7. The zero-order chi connectivity index (χ0) is 15.9. The maximum Gasteiger partial charge on any atom is 0.252 e. The molecular formula is C17H22N2O2S. The summed E-state index contributed by atoms with van der Waals surface area (Å²) in [5, 5.41) is 13.0. The highest BCUT2D eigenvalue weighted by Gasteiger charge is 2.13. The van der Waals surface area contributed by atoms with Gasteiger partial charge in [-0.1, -0.05) is 19.1 Å². The molecular weight excluding hydrogens is 296 g/mol. The highest BCUT2D eigenvalue weighted by molar-refractivity contribution is 7.99. The molecule has 0 saturated carbocycles. The van der Waals surface area contributed by atoms with Crippen molar-refractivity contribution in [3.8, 4) is 0 Å². The standard InChI is InChI=1S/C17H22N2O2S/c1-3-22-16-9-5-4-7-13(16)17(21)18-11-10-15(20)14-8-6-12-19(14)2/h4-9,12,15,20H,3,10-11H2,1-2H3,(H,18,21). The topological polar surface area (TPSA) is 54.3 Å². The fraction of sp³-hybridized carbons (Fsp3) is 0.353. The second kappa shape index (κ2) is 8.06. The van der Waals surface area contributed by atoms with Gasteiger partial charge in [-0.05, 0) is 36.4 Å². The Morgan fingerprint density at radius 2 is 2.09 bits per heavy atom. The fourth-order valence-electron chi connectivity index (χ4n) is 2.32. The Balaban J connectivity index is 1.89. The van der Waals surface area contributed by atoms with Crippen molar-refractivity contribution in [1.29, 1.82) is 0 Å². The Kier molecular flexibility index (Phi) is 6.10. The first-order chi connectivity index (χ1) is 10.6. The van der Waals surface area contributed by atoms with E-state index in [1.807, 2.05) is 54.2 Å². The molecule has 1 unspecified atom stereocenters. The molecule has 1 aromatic heterocycles. The smallest absolute Gasteiger partial charge is 0.252 e. The summed E-state index contributed by atoms with van der Waals surface area (Å²) in [6, 6.07) is 11.4. The molecule has 118 valence electrons. The average Bonchev–Trinajstić information content (AvgIpc) is 2.94. The zero-order valence-corrected chi connectivity index (χ0v) is 13.8. The van der Waals surface area contributed by atoms with E-state index in [1.54, 1.807) is 11.8 Å². The third-order valence-electron chi connectivity index (χ3n) is 3.46. The van der Waals surface area contributed by atoms with Gasteiger partial charge in [0.05, 0.1) is 11.7 Å². The van der Waals surface area contributed by atoms with E-state index in [4.69, 9.17) is 0 Å². The minimum Gasteiger partial charge on any atom is -0.387 e. The van der Waals surface area contributed by atoms with Gasteiger partial charge in [0.15, 0.2) is 0 Å². The van der Waals surface area contributed by atoms with Crippen molar-refractivity contribution < 1.29 is 9.90 Å². The second-order valence-corrected chi connectivity index (χ2v) is 6.34. The maximum atomic E-state index is 12.3. The quantitative estimate of drug-likeness (QED) is 0.772. The predicted octanol–water partition coefficient (Wildman–Crippen LogP) is 2.99. The molecule has 0 aliphatic rings. The van der Waals surface area contributed by atoms with Gasteiger partial charge in [-0.3, -0.25) is 4.79 Å². The van der Waals surface area contributed by atoms with Gasteiger partial charge in [-0.15, -0.1) is 11.8 Å². The molecule has 1 heterocycles. The number of aliphatic hydroxyl groups is 1. The first-order valence-corrected chi connectivity index (χ1v) is 8.41. The van der Waals surface area contributed by atoms with Crippen LogP contribution >= 0.6 is 11.8 Å². The van der Waals surface area contributed by atoms with E-state index in [1.165, 1.54) is 0 Å². The molecule has 1 amide bonds. The normalized spacial score (nSPS) is 12.1. The summed E-state index contributed by atoms with van der Waals surface area (Å²) < 4.78 is 1.89. The van der Waals surface area contributed by atoms with Crippen LogP contribution in [-0.2, 0) is 7.05 Å². The number of carbonyl (C=O) groups excluding carboxylic acids is 1. The summed E-state index contributed by atoms with van der Waals surface area (Å²) in [4.78, 5) is 13.3. The highest BCUT2D eigenvalue weighted by Crippen LogP contribution is 2.22. The molecule has 0 saturated heterocycles. The highest BCUT2D eigenvalue weighted by atomic mass is 32.2. The van der Waals surface area contributed by atoms with Gasteiger partial charge in [0.2, 0.25) is 0 Å². The van der Waals surface area contributed by atoms with Crippen LogP contribution in [0.1, 0.15) is 35.5 Å². The van der Waals surface area contributed by atoms with Crippen molar-refractivity contribution in [3.63, 3.8) is 0 Å². The number of thioether (sulfide) groups is 1. The summed E-state index contributed by atoms with van der Waals surface area (Å²) in [6.07, 6.45) is 1.82. The first-order valence-electron chi connectivity index (χ1n) is 7.42. The van der Waals surface area contributed by atoms with E-state index in [-0.39, 0.29) is 5.91 Å². The van der Waals surface area contributed by atoms with Gasteiger partial charge in [-0.25, -0.2) is 0 Å². The number of aromatic nitrogens is 1. The summed E-state index contributed by atoms with van der Waals surface area (Å²) in [5.41, 5.74) is 1.55. The van der Waals surface area contributed by atoms with Gasteiger partial charge in [-0.2, -0.15) is 0 Å². The minimum absolute atomic E-state index is 0.0874. The van der Waals surface area contributed by atoms with Gasteiger partial charge < -0.3 is 15.0 Å². The summed E-state index contributed by atoms with van der Waals surface area (Å²) in [5.74, 6) is 0.840. The lowest BCUT2D eigenvalue weighted by Gasteiger charge is -2.13. The molecule has 0 fully saturated rings. The predicted molar refractivity (Wildman–Crippen MR) is 90.2 cm³/mol. The number of nitrogens with zero attached hydrogens (tertiary/aromatic N) is 1. The molecule has 0 aliphatic carbocycles. The number of benzene rings is 1. The minimum atomic E-state index is -0.569. The first kappa shape index (κ1) is 16.6. The lowest BCUT2D eigenvalue weighted by Crippen LogP contribution is -2.26. The molecule has 2 N–H and O–H groups in total. The van der Waals surface area contributed by atoms with Crippen LogP contribution in [-0.4, -0.2) is 27.9 Å². The number of hydrogen-bond acceptors (Lipinski definition) is 3. The number of nitrogens with one attached hydrogen (secondary N) is 1. The number of aryl methyl sites for hydroxylation is 1. The van der Waals surface area contributed by atoms with Gasteiger partial charge in [0.1, 0.15) is 0 Å². The molecule has 2 rings (SSSR count). The maximum absolute atomic E-state index is 12.3. The molecule has 0 bridgehead atoms. The SMILES string of the molecule is CCSc1ccccc1C(=O)NCCC(O)c1cccn1C. The van der Waals surface area contributed by atoms with Crippen molar-refractivity contribution >= 4 is 17.7 Å². The van der Waals surface area contributed by atoms with E-state index in [9.17, 15) is 9.90 Å². The summed E-state index contributed by atoms with van der Waals surface area (Å²) >= 11 is 1.66. The van der Waals surface area contributed by atoms with Crippen molar-refractivity contribution in [2.45, 2.75) is 24.3 Å². The van der Waals surface area contributed by atoms with Gasteiger partial charge in [0.25, 0.3) is 5.91 Å². The molecule has 0 aliphatic heterocycles. The van der Waals surface area contributed by atoms with E-state index >= 15 is 0 Å². The Morgan fingerprint density at radius 1 is 1.32 bits per heavy atom. The lowest BCUT2D eigenvalue weighted by molar-refractivity contribution is 0.0938. The molecule has 4 nitrogen and oxygen atoms in total. The monoisotopic (exact) mass is 318 g/mol. The number of amides is 1. The largest absolute Gasteiger partial charge is 0.387 e. The third kappa shape index (κ3) is 4.15. The molecule has 22 heavy (non-hydrogen) atoms. The Labute approximate surface area is 135 Å². The van der Waals surface area contributed by atoms with Crippen LogP contribution in [0, 0.1) is 0 Å². The zero-order valence-electron chi connectivity index (χ0n) is 13.0. The molecule has 0 spiro atoms. The van der Waals surface area contributed by atoms with Gasteiger partial charge in [0, 0.05) is 30.4 Å². The number of carbonyl (C=O) groups is 1. The van der Waals surface area contributed by atoms with E-state index in [2.05, 4.69) is 12.2 Å². The number of aliphatic hydroxyl groups excluding tert-OH is 1. The van der Waals surface area contributed by atoms with Crippen molar-refractivity contribution in [1.82, 2.24) is 9.88 Å². The van der Waals surface area contributed by atoms with Crippen LogP contribution in [0.5, 0.6) is 0 Å². The second-order valence-electron chi connectivity index (χ2n) is 5.03. The van der Waals surface area contributed by atoms with Crippen LogP contribution in [0.15, 0.2) is 47.5 Å². The molecule has 2 aromatic rings. The lowest BCUT2D eigenvalue weighted by atomic mass is 10.1. The van der Waals surface area contributed by atoms with Crippen molar-refractivity contribution in [2.24, 2.45) is 7.05 Å². The van der Waals surface area contributed by atoms with Crippen LogP contribution in [0.25, 0.3) is 0 Å². The van der Waals surface area contributed by atoms with Gasteiger partial charge >= 0.3 is 0 Å². The van der Waals surface area contributed by atoms with Crippen LogP contribution in [0.3, 0.4) is 0 Å². The molecule has 0 radical (unpaired) electrons. The summed E-state index contributed by atoms with van der Waals surface area (Å²) in [7, 11) is 1.90. The molecule has 1 atom stereocenters. The third-order valence-corrected chi connectivity index (χ3v) is 4.42. The van der Waals surface area contributed by atoms with Crippen LogP contribution in [0.2, 0.25) is 0 Å². The average molecular weight is 318 g/mol. The fourth-order valence-corrected chi connectivity index (χ4v) is 3.12. The van der Waals surface area contributed by atoms with Crippen molar-refractivity contribution in [3.05, 3.63) is 53.9 Å². The summed E-state index contributed by atoms with van der Waals surface area (Å²) in [6.45, 7) is 2.51. The van der Waals surface area contributed by atoms with E-state index in [0.29, 0.717) is 18.5 Å². The van der Waals surface area contributed by atoms with E-state index < -0.39 is 6.10 Å². The van der Waals surface area contributed by atoms with Crippen molar-refractivity contribution in [2.75, 3.05) is 12.3 Å². The molecule has 1 aromatic carbocycles. The Hall–Kier alpha value is -1.72. The number of hydrogen-bond donors (Lipinski definition) is 2. The molecule has 5 heteroatoms. The van der Waals surface area contributed by atoms with Crippen LogP contribution in [0.4, 0.5) is 0 Å². The van der Waals surface area contributed by atoms with E-state index in [0.717, 1.165) is 16.3 Å².